The second-order valence-corrected chi connectivity index (χ2v) is 5.46. The first-order chi connectivity index (χ1) is 11.2. The van der Waals surface area contributed by atoms with E-state index >= 15 is 0 Å². The van der Waals surface area contributed by atoms with E-state index in [4.69, 9.17) is 0 Å². The number of nitrogens with zero attached hydrogens (tertiary/aromatic N) is 3. The molecule has 2 aromatic rings. The minimum Gasteiger partial charge on any atom is -0.329 e. The maximum absolute atomic E-state index is 12.2. The highest BCUT2D eigenvalue weighted by Crippen LogP contribution is 2.24. The molecule has 6 heteroatoms. The number of urea groups is 1. The number of carbonyl (C=O) groups is 1. The minimum absolute atomic E-state index is 0.175. The van der Waals surface area contributed by atoms with Gasteiger partial charge in [0.2, 0.25) is 0 Å². The molecule has 3 rings (SSSR count). The molecule has 2 N–H and O–H groups in total. The number of hydrazone groups is 1. The first-order valence-corrected chi connectivity index (χ1v) is 7.39. The lowest BCUT2D eigenvalue weighted by molar-refractivity contribution is 0.177. The van der Waals surface area contributed by atoms with Gasteiger partial charge in [0.1, 0.15) is 0 Å². The Kier molecular flexibility index (Phi) is 4.25. The molecule has 0 spiro atoms. The highest BCUT2D eigenvalue weighted by Gasteiger charge is 2.26. The van der Waals surface area contributed by atoms with Gasteiger partial charge in [-0.3, -0.25) is 0 Å². The Hall–Kier alpha value is -2.86. The van der Waals surface area contributed by atoms with Gasteiger partial charge >= 0.3 is 6.03 Å². The Morgan fingerprint density at radius 1 is 1.09 bits per heavy atom. The molecule has 0 bridgehead atoms. The Morgan fingerprint density at radius 3 is 2.52 bits per heavy atom. The normalized spacial score (nSPS) is 13.5. The highest BCUT2D eigenvalue weighted by molar-refractivity contribution is 5.99. The summed E-state index contributed by atoms with van der Waals surface area (Å²) in [6, 6.07) is 18.2. The third kappa shape index (κ3) is 3.17. The fourth-order valence-corrected chi connectivity index (χ4v) is 2.48. The topological polar surface area (TPSA) is 60.0 Å². The molecule has 0 aromatic heterocycles. The number of amidine groups is 1. The maximum Gasteiger partial charge on any atom is 0.341 e. The summed E-state index contributed by atoms with van der Waals surface area (Å²) in [5, 5.41) is 5.60. The molecule has 1 heterocycles. The van der Waals surface area contributed by atoms with Crippen molar-refractivity contribution in [1.82, 2.24) is 21.0 Å². The van der Waals surface area contributed by atoms with E-state index in [-0.39, 0.29) is 6.03 Å². The maximum atomic E-state index is 12.2. The Morgan fingerprint density at radius 2 is 1.78 bits per heavy atom. The third-order valence-corrected chi connectivity index (χ3v) is 3.63. The molecule has 2 aromatic carbocycles. The average molecular weight is 309 g/mol. The molecule has 6 nitrogen and oxygen atoms in total. The summed E-state index contributed by atoms with van der Waals surface area (Å²) in [5.41, 5.74) is 8.81. The van der Waals surface area contributed by atoms with Crippen LogP contribution in [0.1, 0.15) is 5.56 Å². The second kappa shape index (κ2) is 6.50. The smallest absolute Gasteiger partial charge is 0.329 e. The van der Waals surface area contributed by atoms with E-state index in [1.807, 2.05) is 30.3 Å². The first-order valence-electron chi connectivity index (χ1n) is 7.39. The van der Waals surface area contributed by atoms with Crippen molar-refractivity contribution < 1.29 is 4.79 Å². The van der Waals surface area contributed by atoms with Crippen molar-refractivity contribution in [2.24, 2.45) is 5.10 Å². The molecule has 0 saturated carbocycles. The monoisotopic (exact) mass is 309 g/mol. The van der Waals surface area contributed by atoms with Crippen molar-refractivity contribution in [3.8, 4) is 11.1 Å². The van der Waals surface area contributed by atoms with Gasteiger partial charge in [-0.2, -0.15) is 5.01 Å². The zero-order valence-corrected chi connectivity index (χ0v) is 13.2. The average Bonchev–Trinajstić information content (AvgIpc) is 3.03. The number of amides is 2. The molecule has 118 valence electrons. The summed E-state index contributed by atoms with van der Waals surface area (Å²) in [7, 11) is 3.41. The Labute approximate surface area is 135 Å². The quantitative estimate of drug-likeness (QED) is 0.914. The molecule has 2 amide bonds. The number of hydrogen-bond acceptors (Lipinski definition) is 4. The standard InChI is InChI=1S/C17H19N5O/c1-21(2)17(23)22-16(18-19-20-22)12-14-10-6-7-11-15(14)13-8-4-3-5-9-13/h3-11,19-20H,12H2,1-2H3. The number of nitrogens with one attached hydrogen (secondary N) is 2. The zero-order chi connectivity index (χ0) is 16.2. The zero-order valence-electron chi connectivity index (χ0n) is 13.2. The molecule has 23 heavy (non-hydrogen) atoms. The van der Waals surface area contributed by atoms with Crippen molar-refractivity contribution in [3.63, 3.8) is 0 Å². The predicted octanol–water partition coefficient (Wildman–Crippen LogP) is 2.22. The summed E-state index contributed by atoms with van der Waals surface area (Å²) in [6.07, 6.45) is 0.546. The first kappa shape index (κ1) is 15.1. The molecule has 0 atom stereocenters. The molecule has 0 radical (unpaired) electrons. The fraction of sp³-hybridized carbons (Fsp3) is 0.176. The van der Waals surface area contributed by atoms with E-state index in [2.05, 4.69) is 40.4 Å². The van der Waals surface area contributed by atoms with E-state index in [9.17, 15) is 4.79 Å². The molecule has 0 unspecified atom stereocenters. The van der Waals surface area contributed by atoms with Crippen LogP contribution in [0, 0.1) is 0 Å². The van der Waals surface area contributed by atoms with E-state index in [0.717, 1.165) is 16.7 Å². The summed E-state index contributed by atoms with van der Waals surface area (Å²) < 4.78 is 0. The van der Waals surface area contributed by atoms with Gasteiger partial charge in [-0.15, -0.1) is 10.6 Å². The van der Waals surface area contributed by atoms with Gasteiger partial charge in [0.15, 0.2) is 5.84 Å². The number of hydrazine groups is 2. The van der Waals surface area contributed by atoms with E-state index in [1.165, 1.54) is 9.91 Å². The Balaban J connectivity index is 1.88. The number of rotatable bonds is 3. The van der Waals surface area contributed by atoms with Crippen molar-refractivity contribution in [2.45, 2.75) is 6.42 Å². The van der Waals surface area contributed by atoms with Crippen LogP contribution in [0.15, 0.2) is 59.7 Å². The van der Waals surface area contributed by atoms with Crippen molar-refractivity contribution in [3.05, 3.63) is 60.2 Å². The Bertz CT molecular complexity index is 727. The van der Waals surface area contributed by atoms with Gasteiger partial charge in [-0.25, -0.2) is 10.3 Å². The van der Waals surface area contributed by atoms with Crippen molar-refractivity contribution in [2.75, 3.05) is 14.1 Å². The molecular weight excluding hydrogens is 290 g/mol. The summed E-state index contributed by atoms with van der Waals surface area (Å²) in [5.74, 6) is 0.632. The van der Waals surface area contributed by atoms with Gasteiger partial charge < -0.3 is 4.90 Å². The molecular formula is C17H19N5O. The molecule has 0 saturated heterocycles. The molecule has 0 aliphatic carbocycles. The number of carbonyl (C=O) groups excluding carboxylic acids is 1. The van der Waals surface area contributed by atoms with Crippen molar-refractivity contribution >= 4 is 11.9 Å². The second-order valence-electron chi connectivity index (χ2n) is 5.46. The van der Waals surface area contributed by atoms with Gasteiger partial charge in [0.05, 0.1) is 0 Å². The predicted molar refractivity (Wildman–Crippen MR) is 90.2 cm³/mol. The highest BCUT2D eigenvalue weighted by atomic mass is 16.2. The van der Waals surface area contributed by atoms with Gasteiger partial charge in [-0.05, 0) is 16.7 Å². The fourth-order valence-electron chi connectivity index (χ4n) is 2.48. The van der Waals surface area contributed by atoms with Crippen LogP contribution < -0.4 is 11.1 Å². The van der Waals surface area contributed by atoms with E-state index in [1.54, 1.807) is 14.1 Å². The van der Waals surface area contributed by atoms with Crippen LogP contribution >= 0.6 is 0 Å². The van der Waals surface area contributed by atoms with Gasteiger partial charge in [0, 0.05) is 20.5 Å². The van der Waals surface area contributed by atoms with Crippen molar-refractivity contribution in [1.29, 1.82) is 0 Å². The summed E-state index contributed by atoms with van der Waals surface area (Å²) in [4.78, 5) is 13.7. The number of hydrogen-bond donors (Lipinski definition) is 2. The largest absolute Gasteiger partial charge is 0.341 e. The van der Waals surface area contributed by atoms with E-state index < -0.39 is 0 Å². The SMILES string of the molecule is CN(C)C(=O)N1NNN=C1Cc1ccccc1-c1ccccc1. The number of benzene rings is 2. The molecule has 0 fully saturated rings. The van der Waals surface area contributed by atoms with Crippen LogP contribution in [0.2, 0.25) is 0 Å². The van der Waals surface area contributed by atoms with Gasteiger partial charge in [0.25, 0.3) is 0 Å². The van der Waals surface area contributed by atoms with Crippen LogP contribution in [0.3, 0.4) is 0 Å². The molecule has 1 aliphatic rings. The lowest BCUT2D eigenvalue weighted by Gasteiger charge is -2.21. The third-order valence-electron chi connectivity index (χ3n) is 3.63. The van der Waals surface area contributed by atoms with Crippen LogP contribution in [-0.2, 0) is 6.42 Å². The van der Waals surface area contributed by atoms with Crippen LogP contribution in [-0.4, -0.2) is 35.9 Å². The van der Waals surface area contributed by atoms with Crippen LogP contribution in [0.4, 0.5) is 4.79 Å². The lowest BCUT2D eigenvalue weighted by atomic mass is 9.97. The van der Waals surface area contributed by atoms with Crippen LogP contribution in [0.25, 0.3) is 11.1 Å². The summed E-state index contributed by atoms with van der Waals surface area (Å²) in [6.45, 7) is 0. The molecule has 1 aliphatic heterocycles. The van der Waals surface area contributed by atoms with Crippen LogP contribution in [0.5, 0.6) is 0 Å². The summed E-state index contributed by atoms with van der Waals surface area (Å²) >= 11 is 0. The minimum atomic E-state index is -0.175. The van der Waals surface area contributed by atoms with E-state index in [0.29, 0.717) is 12.3 Å². The lowest BCUT2D eigenvalue weighted by Crippen LogP contribution is -2.50. The van der Waals surface area contributed by atoms with Gasteiger partial charge in [-0.1, -0.05) is 54.6 Å².